The highest BCUT2D eigenvalue weighted by Gasteiger charge is 2.56. The van der Waals surface area contributed by atoms with E-state index in [0.717, 1.165) is 55.0 Å². The molecule has 1 atom stereocenters. The van der Waals surface area contributed by atoms with Crippen molar-refractivity contribution in [1.29, 1.82) is 0 Å². The second kappa shape index (κ2) is 6.30. The zero-order valence-corrected chi connectivity index (χ0v) is 15.0. The van der Waals surface area contributed by atoms with Gasteiger partial charge in [0.25, 0.3) is 5.91 Å². The average molecular weight is 356 g/mol. The largest absolute Gasteiger partial charge is 0.370 e. The summed E-state index contributed by atoms with van der Waals surface area (Å²) in [6.07, 6.45) is 4.16. The number of urea groups is 1. The molecule has 1 aliphatic carbocycles. The van der Waals surface area contributed by atoms with Gasteiger partial charge in [0, 0.05) is 13.1 Å². The smallest absolute Gasteiger partial charge is 0.325 e. The molecule has 1 aromatic carbocycles. The molecule has 0 aromatic heterocycles. The molecular formula is C19H24N4O3. The molecule has 2 heterocycles. The van der Waals surface area contributed by atoms with Crippen molar-refractivity contribution >= 4 is 29.2 Å². The Balaban J connectivity index is 1.45. The molecule has 3 fully saturated rings. The van der Waals surface area contributed by atoms with Crippen LogP contribution in [0.2, 0.25) is 0 Å². The minimum absolute atomic E-state index is 0.183. The first kappa shape index (κ1) is 16.9. The summed E-state index contributed by atoms with van der Waals surface area (Å²) >= 11 is 0. The van der Waals surface area contributed by atoms with Crippen LogP contribution in [0.5, 0.6) is 0 Å². The quantitative estimate of drug-likeness (QED) is 0.790. The molecule has 2 N–H and O–H groups in total. The number of nitrogens with zero attached hydrogens (tertiary/aromatic N) is 2. The first-order chi connectivity index (χ1) is 12.5. The van der Waals surface area contributed by atoms with E-state index in [2.05, 4.69) is 15.5 Å². The predicted octanol–water partition coefficient (Wildman–Crippen LogP) is 1.95. The number of rotatable bonds is 5. The molecule has 0 radical (unpaired) electrons. The Labute approximate surface area is 152 Å². The summed E-state index contributed by atoms with van der Waals surface area (Å²) in [6.45, 7) is 3.44. The minimum atomic E-state index is -0.856. The Kier molecular flexibility index (Phi) is 4.09. The molecule has 2 saturated heterocycles. The maximum Gasteiger partial charge on any atom is 0.325 e. The van der Waals surface area contributed by atoms with Gasteiger partial charge in [-0.2, -0.15) is 0 Å². The summed E-state index contributed by atoms with van der Waals surface area (Å²) in [5.74, 6) is -0.476. The van der Waals surface area contributed by atoms with E-state index in [-0.39, 0.29) is 24.3 Å². The molecular weight excluding hydrogens is 332 g/mol. The van der Waals surface area contributed by atoms with Gasteiger partial charge in [-0.15, -0.1) is 0 Å². The van der Waals surface area contributed by atoms with Gasteiger partial charge >= 0.3 is 6.03 Å². The van der Waals surface area contributed by atoms with E-state index in [4.69, 9.17) is 0 Å². The molecule has 2 aliphatic heterocycles. The van der Waals surface area contributed by atoms with Crippen molar-refractivity contribution in [2.75, 3.05) is 29.9 Å². The number of anilines is 2. The topological polar surface area (TPSA) is 81.8 Å². The fourth-order valence-electron chi connectivity index (χ4n) is 3.94. The van der Waals surface area contributed by atoms with Gasteiger partial charge in [0.05, 0.1) is 11.4 Å². The molecule has 138 valence electrons. The third-order valence-corrected chi connectivity index (χ3v) is 5.62. The van der Waals surface area contributed by atoms with Gasteiger partial charge in [-0.05, 0) is 50.7 Å². The number of hydrogen-bond donors (Lipinski definition) is 2. The minimum Gasteiger partial charge on any atom is -0.370 e. The third kappa shape index (κ3) is 2.91. The molecule has 4 rings (SSSR count). The number of carbonyl (C=O) groups excluding carboxylic acids is 3. The number of benzene rings is 1. The van der Waals surface area contributed by atoms with Crippen LogP contribution in [0.25, 0.3) is 0 Å². The molecule has 7 nitrogen and oxygen atoms in total. The standard InChI is InChI=1S/C19H24N4O3/c1-19(13-8-9-13)17(25)23(18(26)21-19)12-16(24)20-14-6-2-3-7-15(14)22-10-4-5-11-22/h2-3,6-7,13H,4-5,8-12H2,1H3,(H,20,24)(H,21,26). The van der Waals surface area contributed by atoms with Crippen LogP contribution in [0.1, 0.15) is 32.6 Å². The molecule has 0 bridgehead atoms. The zero-order valence-electron chi connectivity index (χ0n) is 15.0. The van der Waals surface area contributed by atoms with Crippen LogP contribution in [0, 0.1) is 5.92 Å². The summed E-state index contributed by atoms with van der Waals surface area (Å²) < 4.78 is 0. The third-order valence-electron chi connectivity index (χ3n) is 5.62. The Bertz CT molecular complexity index is 755. The number of imide groups is 1. The van der Waals surface area contributed by atoms with Crippen molar-refractivity contribution in [2.45, 2.75) is 38.1 Å². The van der Waals surface area contributed by atoms with E-state index in [1.54, 1.807) is 6.92 Å². The lowest BCUT2D eigenvalue weighted by atomic mass is 9.96. The summed E-state index contributed by atoms with van der Waals surface area (Å²) in [5, 5.41) is 5.64. The van der Waals surface area contributed by atoms with Crippen LogP contribution >= 0.6 is 0 Å². The number of para-hydroxylation sites is 2. The van der Waals surface area contributed by atoms with E-state index in [1.807, 2.05) is 24.3 Å². The Hall–Kier alpha value is -2.57. The van der Waals surface area contributed by atoms with Crippen LogP contribution in [0.3, 0.4) is 0 Å². The lowest BCUT2D eigenvalue weighted by Gasteiger charge is -2.22. The van der Waals surface area contributed by atoms with E-state index in [9.17, 15) is 14.4 Å². The number of nitrogens with one attached hydrogen (secondary N) is 2. The van der Waals surface area contributed by atoms with Crippen molar-refractivity contribution in [1.82, 2.24) is 10.2 Å². The number of amides is 4. The molecule has 26 heavy (non-hydrogen) atoms. The Morgan fingerprint density at radius 3 is 2.62 bits per heavy atom. The van der Waals surface area contributed by atoms with Crippen molar-refractivity contribution in [3.05, 3.63) is 24.3 Å². The maximum atomic E-state index is 12.6. The van der Waals surface area contributed by atoms with Gasteiger partial charge in [0.1, 0.15) is 12.1 Å². The lowest BCUT2D eigenvalue weighted by molar-refractivity contribution is -0.134. The van der Waals surface area contributed by atoms with E-state index in [0.29, 0.717) is 0 Å². The molecule has 4 amide bonds. The second-order valence-electron chi connectivity index (χ2n) is 7.56. The van der Waals surface area contributed by atoms with Crippen LogP contribution < -0.4 is 15.5 Å². The lowest BCUT2D eigenvalue weighted by Crippen LogP contribution is -2.46. The van der Waals surface area contributed by atoms with E-state index >= 15 is 0 Å². The molecule has 1 unspecified atom stereocenters. The maximum absolute atomic E-state index is 12.6. The van der Waals surface area contributed by atoms with E-state index in [1.165, 1.54) is 0 Å². The SMILES string of the molecule is CC1(C2CC2)NC(=O)N(CC(=O)Nc2ccccc2N2CCCC2)C1=O. The summed E-state index contributed by atoms with van der Waals surface area (Å²) in [5.41, 5.74) is 0.847. The fraction of sp³-hybridized carbons (Fsp3) is 0.526. The summed E-state index contributed by atoms with van der Waals surface area (Å²) in [6, 6.07) is 7.17. The molecule has 7 heteroatoms. The van der Waals surface area contributed by atoms with Crippen LogP contribution in [-0.4, -0.2) is 47.9 Å². The molecule has 1 saturated carbocycles. The normalized spacial score (nSPS) is 25.6. The van der Waals surface area contributed by atoms with Gasteiger partial charge in [-0.25, -0.2) is 4.79 Å². The Morgan fingerprint density at radius 2 is 1.92 bits per heavy atom. The number of hydrogen-bond acceptors (Lipinski definition) is 4. The van der Waals surface area contributed by atoms with Crippen molar-refractivity contribution < 1.29 is 14.4 Å². The average Bonchev–Trinajstić information content (AvgIpc) is 3.30. The highest BCUT2D eigenvalue weighted by atomic mass is 16.2. The highest BCUT2D eigenvalue weighted by Crippen LogP contribution is 2.42. The van der Waals surface area contributed by atoms with Gasteiger partial charge in [0.2, 0.25) is 5.91 Å². The van der Waals surface area contributed by atoms with Gasteiger partial charge in [-0.1, -0.05) is 12.1 Å². The van der Waals surface area contributed by atoms with Crippen molar-refractivity contribution in [3.8, 4) is 0 Å². The number of carbonyl (C=O) groups is 3. The van der Waals surface area contributed by atoms with Crippen LogP contribution in [0.15, 0.2) is 24.3 Å². The van der Waals surface area contributed by atoms with Crippen LogP contribution in [0.4, 0.5) is 16.2 Å². The summed E-state index contributed by atoms with van der Waals surface area (Å²) in [4.78, 5) is 40.6. The Morgan fingerprint density at radius 1 is 1.23 bits per heavy atom. The first-order valence-electron chi connectivity index (χ1n) is 9.27. The molecule has 1 aromatic rings. The fourth-order valence-corrected chi connectivity index (χ4v) is 3.94. The molecule has 3 aliphatic rings. The van der Waals surface area contributed by atoms with Crippen LogP contribution in [-0.2, 0) is 9.59 Å². The monoisotopic (exact) mass is 356 g/mol. The zero-order chi connectivity index (χ0) is 18.3. The second-order valence-corrected chi connectivity index (χ2v) is 7.56. The van der Waals surface area contributed by atoms with Crippen molar-refractivity contribution in [2.24, 2.45) is 5.92 Å². The van der Waals surface area contributed by atoms with Crippen molar-refractivity contribution in [3.63, 3.8) is 0 Å². The van der Waals surface area contributed by atoms with Gasteiger partial charge in [-0.3, -0.25) is 14.5 Å². The van der Waals surface area contributed by atoms with Gasteiger partial charge in [0.15, 0.2) is 0 Å². The van der Waals surface area contributed by atoms with Gasteiger partial charge < -0.3 is 15.5 Å². The summed E-state index contributed by atoms with van der Waals surface area (Å²) in [7, 11) is 0. The van der Waals surface area contributed by atoms with E-state index < -0.39 is 11.6 Å². The highest BCUT2D eigenvalue weighted by molar-refractivity contribution is 6.10. The predicted molar refractivity (Wildman–Crippen MR) is 97.9 cm³/mol. The molecule has 0 spiro atoms. The first-order valence-corrected chi connectivity index (χ1v) is 9.27.